The minimum atomic E-state index is -0.539. The van der Waals surface area contributed by atoms with Gasteiger partial charge in [-0.15, -0.1) is 0 Å². The average Bonchev–Trinajstić information content (AvgIpc) is 2.64. The minimum Gasteiger partial charge on any atom is -0.452 e. The lowest BCUT2D eigenvalue weighted by atomic mass is 10.0. The molecule has 0 aliphatic rings. The van der Waals surface area contributed by atoms with Crippen molar-refractivity contribution in [3.8, 4) is 0 Å². The summed E-state index contributed by atoms with van der Waals surface area (Å²) in [5.74, 6) is -0.851. The molecule has 2 aromatic carbocycles. The zero-order valence-corrected chi connectivity index (χ0v) is 14.6. The molecule has 1 N–H and O–H groups in total. The van der Waals surface area contributed by atoms with Crippen LogP contribution in [0.4, 0.5) is 0 Å². The number of aryl methyl sites for hydroxylation is 1. The van der Waals surface area contributed by atoms with Gasteiger partial charge in [0.15, 0.2) is 6.61 Å². The Labute approximate surface area is 148 Å². The number of ether oxygens (including phenoxy) is 1. The predicted octanol–water partition coefficient (Wildman–Crippen LogP) is 3.82. The summed E-state index contributed by atoms with van der Waals surface area (Å²) in [7, 11) is 0. The Hall–Kier alpha value is -2.88. The van der Waals surface area contributed by atoms with Crippen molar-refractivity contribution in [2.45, 2.75) is 26.3 Å². The van der Waals surface area contributed by atoms with Gasteiger partial charge in [0.25, 0.3) is 5.91 Å². The van der Waals surface area contributed by atoms with Gasteiger partial charge in [-0.2, -0.15) is 0 Å². The summed E-state index contributed by atoms with van der Waals surface area (Å²) in [5, 5.41) is 2.89. The summed E-state index contributed by atoms with van der Waals surface area (Å²) in [6.45, 7) is 3.73. The fourth-order valence-corrected chi connectivity index (χ4v) is 2.37. The highest BCUT2D eigenvalue weighted by molar-refractivity contribution is 5.89. The molecule has 2 aromatic rings. The van der Waals surface area contributed by atoms with Crippen molar-refractivity contribution in [2.24, 2.45) is 0 Å². The average molecular weight is 337 g/mol. The van der Waals surface area contributed by atoms with Gasteiger partial charge in [-0.1, -0.05) is 67.1 Å². The van der Waals surface area contributed by atoms with Gasteiger partial charge in [0.1, 0.15) is 0 Å². The van der Waals surface area contributed by atoms with Crippen molar-refractivity contribution in [3.63, 3.8) is 0 Å². The summed E-state index contributed by atoms with van der Waals surface area (Å²) in [4.78, 5) is 23.7. The molecule has 0 unspecified atom stereocenters. The Morgan fingerprint density at radius 3 is 2.40 bits per heavy atom. The molecule has 0 fully saturated rings. The van der Waals surface area contributed by atoms with Crippen LogP contribution in [0.1, 0.15) is 36.1 Å². The van der Waals surface area contributed by atoms with Gasteiger partial charge < -0.3 is 10.1 Å². The van der Waals surface area contributed by atoms with E-state index in [1.54, 1.807) is 6.08 Å². The number of esters is 1. The van der Waals surface area contributed by atoms with Crippen molar-refractivity contribution in [3.05, 3.63) is 77.4 Å². The van der Waals surface area contributed by atoms with Crippen molar-refractivity contribution in [1.29, 1.82) is 0 Å². The van der Waals surface area contributed by atoms with Gasteiger partial charge in [0, 0.05) is 6.08 Å². The maximum atomic E-state index is 12.0. The SMILES string of the molecule is CC[C@@H](NC(=O)COC(=O)/C=C/c1ccccc1)c1ccc(C)cc1. The monoisotopic (exact) mass is 337 g/mol. The fourth-order valence-electron chi connectivity index (χ4n) is 2.37. The Morgan fingerprint density at radius 2 is 1.76 bits per heavy atom. The minimum absolute atomic E-state index is 0.0911. The third-order valence-corrected chi connectivity index (χ3v) is 3.78. The second kappa shape index (κ2) is 9.42. The predicted molar refractivity (Wildman–Crippen MR) is 98.8 cm³/mol. The van der Waals surface area contributed by atoms with Crippen LogP contribution in [-0.2, 0) is 14.3 Å². The van der Waals surface area contributed by atoms with E-state index in [0.29, 0.717) is 0 Å². The van der Waals surface area contributed by atoms with Gasteiger partial charge in [-0.05, 0) is 30.5 Å². The second-order valence-corrected chi connectivity index (χ2v) is 5.79. The highest BCUT2D eigenvalue weighted by Gasteiger charge is 2.13. The molecule has 0 aromatic heterocycles. The van der Waals surface area contributed by atoms with Crippen LogP contribution in [0.25, 0.3) is 6.08 Å². The van der Waals surface area contributed by atoms with Gasteiger partial charge in [0.2, 0.25) is 0 Å². The quantitative estimate of drug-likeness (QED) is 0.617. The molecule has 130 valence electrons. The molecule has 0 spiro atoms. The molecule has 0 aliphatic carbocycles. The Morgan fingerprint density at radius 1 is 1.08 bits per heavy atom. The van der Waals surface area contributed by atoms with Crippen molar-refractivity contribution in [1.82, 2.24) is 5.32 Å². The summed E-state index contributed by atoms with van der Waals surface area (Å²) in [6.07, 6.45) is 3.73. The number of carbonyl (C=O) groups excluding carboxylic acids is 2. The van der Waals surface area contributed by atoms with Crippen LogP contribution in [-0.4, -0.2) is 18.5 Å². The molecule has 1 atom stereocenters. The van der Waals surface area contributed by atoms with Crippen LogP contribution in [0.2, 0.25) is 0 Å². The largest absolute Gasteiger partial charge is 0.452 e. The van der Waals surface area contributed by atoms with E-state index in [1.807, 2.05) is 68.4 Å². The fraction of sp³-hybridized carbons (Fsp3) is 0.238. The Bertz CT molecular complexity index is 721. The van der Waals surface area contributed by atoms with Crippen LogP contribution in [0.3, 0.4) is 0 Å². The number of carbonyl (C=O) groups is 2. The molecule has 4 heteroatoms. The lowest BCUT2D eigenvalue weighted by Gasteiger charge is -2.17. The third-order valence-electron chi connectivity index (χ3n) is 3.78. The van der Waals surface area contributed by atoms with Gasteiger partial charge in [-0.3, -0.25) is 4.79 Å². The number of nitrogens with one attached hydrogen (secondary N) is 1. The van der Waals surface area contributed by atoms with E-state index in [1.165, 1.54) is 11.6 Å². The topological polar surface area (TPSA) is 55.4 Å². The van der Waals surface area contributed by atoms with Crippen LogP contribution >= 0.6 is 0 Å². The summed E-state index contributed by atoms with van der Waals surface area (Å²) >= 11 is 0. The first-order valence-electron chi connectivity index (χ1n) is 8.34. The maximum Gasteiger partial charge on any atom is 0.331 e. The number of amides is 1. The summed E-state index contributed by atoms with van der Waals surface area (Å²) < 4.78 is 4.99. The van der Waals surface area contributed by atoms with Crippen LogP contribution in [0.5, 0.6) is 0 Å². The van der Waals surface area contributed by atoms with E-state index in [2.05, 4.69) is 5.32 Å². The normalized spacial score (nSPS) is 11.9. The molecular weight excluding hydrogens is 314 g/mol. The smallest absolute Gasteiger partial charge is 0.331 e. The summed E-state index contributed by atoms with van der Waals surface area (Å²) in [6, 6.07) is 17.4. The zero-order chi connectivity index (χ0) is 18.1. The first kappa shape index (κ1) is 18.5. The van der Waals surface area contributed by atoms with Crippen LogP contribution in [0.15, 0.2) is 60.7 Å². The van der Waals surface area contributed by atoms with Gasteiger partial charge >= 0.3 is 5.97 Å². The van der Waals surface area contributed by atoms with E-state index < -0.39 is 5.97 Å². The number of benzene rings is 2. The molecule has 4 nitrogen and oxygen atoms in total. The molecule has 0 saturated carbocycles. The van der Waals surface area contributed by atoms with E-state index >= 15 is 0 Å². The lowest BCUT2D eigenvalue weighted by Crippen LogP contribution is -2.32. The molecule has 0 heterocycles. The Kier molecular flexibility index (Phi) is 6.96. The van der Waals surface area contributed by atoms with Gasteiger partial charge in [-0.25, -0.2) is 4.79 Å². The van der Waals surface area contributed by atoms with Crippen LogP contribution in [0, 0.1) is 6.92 Å². The van der Waals surface area contributed by atoms with E-state index in [0.717, 1.165) is 17.5 Å². The second-order valence-electron chi connectivity index (χ2n) is 5.79. The molecule has 1 amide bonds. The molecule has 0 aliphatic heterocycles. The summed E-state index contributed by atoms with van der Waals surface area (Å²) in [5.41, 5.74) is 3.11. The standard InChI is InChI=1S/C21H23NO3/c1-3-19(18-12-9-16(2)10-13-18)22-20(23)15-25-21(24)14-11-17-7-5-4-6-8-17/h4-14,19H,3,15H2,1-2H3,(H,22,23)/b14-11+/t19-/m1/s1. The van der Waals surface area contributed by atoms with Gasteiger partial charge in [0.05, 0.1) is 6.04 Å². The first-order chi connectivity index (χ1) is 12.1. The number of hydrogen-bond acceptors (Lipinski definition) is 3. The molecule has 0 saturated heterocycles. The molecule has 0 radical (unpaired) electrons. The van der Waals surface area contributed by atoms with E-state index in [9.17, 15) is 9.59 Å². The zero-order valence-electron chi connectivity index (χ0n) is 14.6. The van der Waals surface area contributed by atoms with Crippen molar-refractivity contribution in [2.75, 3.05) is 6.61 Å². The highest BCUT2D eigenvalue weighted by Crippen LogP contribution is 2.16. The molecule has 25 heavy (non-hydrogen) atoms. The van der Waals surface area contributed by atoms with E-state index in [-0.39, 0.29) is 18.6 Å². The highest BCUT2D eigenvalue weighted by atomic mass is 16.5. The third kappa shape index (κ3) is 6.26. The number of hydrogen-bond donors (Lipinski definition) is 1. The maximum absolute atomic E-state index is 12.0. The van der Waals surface area contributed by atoms with Crippen LogP contribution < -0.4 is 5.32 Å². The molecule has 0 bridgehead atoms. The molecule has 2 rings (SSSR count). The Balaban J connectivity index is 1.81. The first-order valence-corrected chi connectivity index (χ1v) is 8.34. The lowest BCUT2D eigenvalue weighted by molar-refractivity contribution is -0.144. The van der Waals surface area contributed by atoms with Crippen molar-refractivity contribution >= 4 is 18.0 Å². The van der Waals surface area contributed by atoms with Crippen molar-refractivity contribution < 1.29 is 14.3 Å². The molecular formula is C21H23NO3. The van der Waals surface area contributed by atoms with E-state index in [4.69, 9.17) is 4.74 Å². The number of rotatable bonds is 7.